The summed E-state index contributed by atoms with van der Waals surface area (Å²) in [5, 5.41) is 17.1. The Morgan fingerprint density at radius 3 is 2.53 bits per heavy atom. The third-order valence-corrected chi connectivity index (χ3v) is 4.75. The average Bonchev–Trinajstić information content (AvgIpc) is 2.77. The number of pyridine rings is 1. The summed E-state index contributed by atoms with van der Waals surface area (Å²) >= 11 is 12.1. The lowest BCUT2D eigenvalue weighted by atomic mass is 10.1. The van der Waals surface area contributed by atoms with Crippen LogP contribution in [0.3, 0.4) is 0 Å². The molecule has 0 saturated heterocycles. The topological polar surface area (TPSA) is 95.3 Å². The van der Waals surface area contributed by atoms with E-state index in [9.17, 15) is 9.50 Å². The van der Waals surface area contributed by atoms with Crippen LogP contribution < -0.4 is 10.7 Å². The van der Waals surface area contributed by atoms with E-state index in [1.807, 2.05) is 0 Å². The van der Waals surface area contributed by atoms with Gasteiger partial charge in [-0.2, -0.15) is 10.1 Å². The van der Waals surface area contributed by atoms with Crippen molar-refractivity contribution < 1.29 is 9.50 Å². The molecular formula is C22H15Cl2FN6O. The van der Waals surface area contributed by atoms with Gasteiger partial charge < -0.3 is 10.4 Å². The molecular weight excluding hydrogens is 454 g/mol. The molecule has 2 aromatic carbocycles. The standard InChI is InChI=1S/C22H15Cl2FN6O/c23-16-2-1-3-17(25)21(16)18-10-20(28-14-6-9-19(24)26-12-14)30-22(29-18)31-27-11-13-4-7-15(32)8-5-13/h1-12,32H,(H2,28,29,30,31)/b27-11+. The predicted octanol–water partition coefficient (Wildman–Crippen LogP) is 5.88. The van der Waals surface area contributed by atoms with Crippen molar-refractivity contribution in [3.05, 3.63) is 88.4 Å². The van der Waals surface area contributed by atoms with Crippen LogP contribution in [0.5, 0.6) is 5.75 Å². The molecule has 2 aromatic heterocycles. The van der Waals surface area contributed by atoms with Crippen molar-refractivity contribution in [2.24, 2.45) is 5.10 Å². The maximum atomic E-state index is 14.5. The molecule has 0 bridgehead atoms. The molecule has 32 heavy (non-hydrogen) atoms. The van der Waals surface area contributed by atoms with E-state index in [4.69, 9.17) is 23.2 Å². The van der Waals surface area contributed by atoms with E-state index in [2.05, 4.69) is 30.8 Å². The number of anilines is 3. The van der Waals surface area contributed by atoms with Gasteiger partial charge in [0.05, 0.1) is 34.4 Å². The van der Waals surface area contributed by atoms with Crippen LogP contribution in [0.15, 0.2) is 72.0 Å². The Morgan fingerprint density at radius 2 is 1.81 bits per heavy atom. The first-order chi connectivity index (χ1) is 15.5. The van der Waals surface area contributed by atoms with Crippen LogP contribution >= 0.6 is 23.2 Å². The summed E-state index contributed by atoms with van der Waals surface area (Å²) in [6.45, 7) is 0. The third-order valence-electron chi connectivity index (χ3n) is 4.22. The molecule has 10 heteroatoms. The molecule has 0 spiro atoms. The van der Waals surface area contributed by atoms with E-state index in [0.29, 0.717) is 16.7 Å². The number of hydrazone groups is 1. The number of nitrogens with one attached hydrogen (secondary N) is 2. The lowest BCUT2D eigenvalue weighted by Gasteiger charge is -2.11. The van der Waals surface area contributed by atoms with Crippen LogP contribution in [0, 0.1) is 5.82 Å². The molecule has 160 valence electrons. The fourth-order valence-electron chi connectivity index (χ4n) is 2.75. The minimum atomic E-state index is -0.520. The summed E-state index contributed by atoms with van der Waals surface area (Å²) < 4.78 is 14.5. The van der Waals surface area contributed by atoms with Crippen molar-refractivity contribution in [2.45, 2.75) is 0 Å². The van der Waals surface area contributed by atoms with Gasteiger partial charge in [0, 0.05) is 6.07 Å². The van der Waals surface area contributed by atoms with Gasteiger partial charge >= 0.3 is 0 Å². The van der Waals surface area contributed by atoms with Crippen LogP contribution in [0.2, 0.25) is 10.2 Å². The first-order valence-electron chi connectivity index (χ1n) is 9.28. The summed E-state index contributed by atoms with van der Waals surface area (Å²) in [5.41, 5.74) is 4.50. The molecule has 0 radical (unpaired) electrons. The number of hydrogen-bond acceptors (Lipinski definition) is 7. The molecule has 0 fully saturated rings. The molecule has 7 nitrogen and oxygen atoms in total. The second-order valence-electron chi connectivity index (χ2n) is 6.51. The van der Waals surface area contributed by atoms with Gasteiger partial charge in [-0.15, -0.1) is 0 Å². The fraction of sp³-hybridized carbons (Fsp3) is 0. The molecule has 0 aliphatic rings. The highest BCUT2D eigenvalue weighted by molar-refractivity contribution is 6.33. The smallest absolute Gasteiger partial charge is 0.246 e. The first kappa shape index (κ1) is 21.5. The second kappa shape index (κ2) is 9.59. The van der Waals surface area contributed by atoms with Gasteiger partial charge in [-0.1, -0.05) is 29.3 Å². The highest BCUT2D eigenvalue weighted by Gasteiger charge is 2.14. The lowest BCUT2D eigenvalue weighted by molar-refractivity contribution is 0.475. The van der Waals surface area contributed by atoms with Crippen molar-refractivity contribution in [3.63, 3.8) is 0 Å². The van der Waals surface area contributed by atoms with Crippen molar-refractivity contribution >= 4 is 46.9 Å². The fourth-order valence-corrected chi connectivity index (χ4v) is 3.13. The van der Waals surface area contributed by atoms with Gasteiger partial charge in [-0.25, -0.2) is 19.8 Å². The summed E-state index contributed by atoms with van der Waals surface area (Å²) in [4.78, 5) is 12.7. The summed E-state index contributed by atoms with van der Waals surface area (Å²) in [7, 11) is 0. The van der Waals surface area contributed by atoms with E-state index in [1.165, 1.54) is 24.5 Å². The van der Waals surface area contributed by atoms with Gasteiger partial charge in [0.15, 0.2) is 0 Å². The molecule has 0 amide bonds. The molecule has 4 aromatic rings. The van der Waals surface area contributed by atoms with Crippen LogP contribution in [0.1, 0.15) is 5.56 Å². The minimum absolute atomic E-state index is 0.112. The zero-order valence-corrected chi connectivity index (χ0v) is 17.8. The molecule has 2 heterocycles. The Morgan fingerprint density at radius 1 is 1.00 bits per heavy atom. The van der Waals surface area contributed by atoms with Crippen LogP contribution in [-0.2, 0) is 0 Å². The molecule has 0 aliphatic carbocycles. The van der Waals surface area contributed by atoms with E-state index in [-0.39, 0.29) is 28.0 Å². The SMILES string of the molecule is Oc1ccc(/C=N/Nc2nc(Nc3ccc(Cl)nc3)cc(-c3c(F)cccc3Cl)n2)cc1. The van der Waals surface area contributed by atoms with Crippen molar-refractivity contribution in [1.82, 2.24) is 15.0 Å². The third kappa shape index (κ3) is 5.29. The Hall–Kier alpha value is -3.75. The normalized spacial score (nSPS) is 11.0. The number of aromatic hydroxyl groups is 1. The van der Waals surface area contributed by atoms with Crippen molar-refractivity contribution in [1.29, 1.82) is 0 Å². The van der Waals surface area contributed by atoms with Gasteiger partial charge in [-0.3, -0.25) is 0 Å². The number of nitrogens with zero attached hydrogens (tertiary/aromatic N) is 4. The molecule has 4 rings (SSSR count). The van der Waals surface area contributed by atoms with E-state index in [0.717, 1.165) is 5.56 Å². The quantitative estimate of drug-likeness (QED) is 0.186. The number of phenolic OH excluding ortho intramolecular Hbond substituents is 1. The highest BCUT2D eigenvalue weighted by atomic mass is 35.5. The van der Waals surface area contributed by atoms with Crippen molar-refractivity contribution in [2.75, 3.05) is 10.7 Å². The number of aromatic nitrogens is 3. The molecule has 0 saturated carbocycles. The lowest BCUT2D eigenvalue weighted by Crippen LogP contribution is -2.03. The average molecular weight is 469 g/mol. The Kier molecular flexibility index (Phi) is 6.44. The summed E-state index contributed by atoms with van der Waals surface area (Å²) in [6, 6.07) is 15.8. The summed E-state index contributed by atoms with van der Waals surface area (Å²) in [5.74, 6) is 0.108. The molecule has 0 atom stereocenters. The molecule has 0 aliphatic heterocycles. The Labute approximate surface area is 192 Å². The first-order valence-corrected chi connectivity index (χ1v) is 10.0. The largest absolute Gasteiger partial charge is 0.508 e. The highest BCUT2D eigenvalue weighted by Crippen LogP contribution is 2.31. The predicted molar refractivity (Wildman–Crippen MR) is 124 cm³/mol. The molecule has 0 unspecified atom stereocenters. The monoisotopic (exact) mass is 468 g/mol. The maximum Gasteiger partial charge on any atom is 0.246 e. The number of halogens is 3. The summed E-state index contributed by atoms with van der Waals surface area (Å²) in [6.07, 6.45) is 3.07. The Balaban J connectivity index is 1.68. The van der Waals surface area contributed by atoms with E-state index >= 15 is 0 Å². The van der Waals surface area contributed by atoms with Gasteiger partial charge in [0.1, 0.15) is 22.5 Å². The minimum Gasteiger partial charge on any atom is -0.508 e. The van der Waals surface area contributed by atoms with Crippen molar-refractivity contribution in [3.8, 4) is 17.0 Å². The van der Waals surface area contributed by atoms with E-state index in [1.54, 1.807) is 48.5 Å². The zero-order valence-electron chi connectivity index (χ0n) is 16.3. The number of benzene rings is 2. The van der Waals surface area contributed by atoms with Crippen LogP contribution in [0.25, 0.3) is 11.3 Å². The Bertz CT molecular complexity index is 1250. The van der Waals surface area contributed by atoms with Gasteiger partial charge in [0.25, 0.3) is 0 Å². The van der Waals surface area contributed by atoms with Crippen LogP contribution in [-0.4, -0.2) is 26.3 Å². The number of phenols is 1. The van der Waals surface area contributed by atoms with Gasteiger partial charge in [-0.05, 0) is 54.1 Å². The molecule has 3 N–H and O–H groups in total. The van der Waals surface area contributed by atoms with Crippen LogP contribution in [0.4, 0.5) is 21.8 Å². The van der Waals surface area contributed by atoms with E-state index < -0.39 is 5.82 Å². The number of rotatable bonds is 6. The second-order valence-corrected chi connectivity index (χ2v) is 7.31. The zero-order chi connectivity index (χ0) is 22.5. The van der Waals surface area contributed by atoms with Gasteiger partial charge in [0.2, 0.25) is 5.95 Å². The number of hydrogen-bond donors (Lipinski definition) is 3. The maximum absolute atomic E-state index is 14.5.